The minimum Gasteiger partial charge on any atom is -0.371 e. The van der Waals surface area contributed by atoms with Crippen LogP contribution in [0, 0.1) is 0 Å². The lowest BCUT2D eigenvalue weighted by Crippen LogP contribution is -2.58. The quantitative estimate of drug-likeness (QED) is 0.368. The van der Waals surface area contributed by atoms with E-state index in [-0.39, 0.29) is 18.9 Å². The third-order valence-electron chi connectivity index (χ3n) is 5.52. The van der Waals surface area contributed by atoms with Gasteiger partial charge in [-0.15, -0.1) is 0 Å². The first-order valence-electron chi connectivity index (χ1n) is 11.5. The number of nitrogens with two attached hydrogens (primary N) is 2. The highest BCUT2D eigenvalue weighted by molar-refractivity contribution is 5.94. The fraction of sp³-hybridized carbons (Fsp3) is 0.583. The standard InChI is InChI=1S/C24H37N5O5/c1-15(34-24(2,3)4)20(26)22(32)28-17(13-16-9-6-5-7-10-16)23(33)29-12-8-11-18(29)21(31)27-14-19(25)30/h5-7,9-10,15,17-18,20H,8,11-14,26H2,1-4H3,(H2,25,30)(H,27,31)(H,28,32). The van der Waals surface area contributed by atoms with Crippen LogP contribution in [-0.4, -0.2) is 71.4 Å². The zero-order chi connectivity index (χ0) is 25.5. The summed E-state index contributed by atoms with van der Waals surface area (Å²) in [7, 11) is 0. The van der Waals surface area contributed by atoms with Gasteiger partial charge in [-0.05, 0) is 46.1 Å². The predicted octanol–water partition coefficient (Wildman–Crippen LogP) is -0.163. The largest absolute Gasteiger partial charge is 0.371 e. The van der Waals surface area contributed by atoms with Crippen LogP contribution < -0.4 is 22.1 Å². The molecule has 1 aromatic carbocycles. The van der Waals surface area contributed by atoms with Crippen LogP contribution >= 0.6 is 0 Å². The molecule has 1 fully saturated rings. The molecule has 6 N–H and O–H groups in total. The highest BCUT2D eigenvalue weighted by atomic mass is 16.5. The summed E-state index contributed by atoms with van der Waals surface area (Å²) in [5.41, 5.74) is 11.6. The van der Waals surface area contributed by atoms with Gasteiger partial charge in [0.05, 0.1) is 18.2 Å². The summed E-state index contributed by atoms with van der Waals surface area (Å²) in [5, 5.41) is 5.24. The third-order valence-corrected chi connectivity index (χ3v) is 5.52. The number of carbonyl (C=O) groups excluding carboxylic acids is 4. The van der Waals surface area contributed by atoms with Crippen LogP contribution in [0.4, 0.5) is 0 Å². The van der Waals surface area contributed by atoms with Crippen LogP contribution in [-0.2, 0) is 30.3 Å². The van der Waals surface area contributed by atoms with E-state index in [1.54, 1.807) is 6.92 Å². The molecule has 1 aliphatic heterocycles. The molecule has 1 saturated heterocycles. The lowest BCUT2D eigenvalue weighted by Gasteiger charge is -2.31. The van der Waals surface area contributed by atoms with E-state index in [0.29, 0.717) is 19.4 Å². The summed E-state index contributed by atoms with van der Waals surface area (Å²) in [5.74, 6) is -2.01. The van der Waals surface area contributed by atoms with Gasteiger partial charge in [0.15, 0.2) is 0 Å². The van der Waals surface area contributed by atoms with Crippen molar-refractivity contribution < 1.29 is 23.9 Å². The van der Waals surface area contributed by atoms with E-state index in [1.807, 2.05) is 51.1 Å². The van der Waals surface area contributed by atoms with E-state index in [4.69, 9.17) is 16.2 Å². The van der Waals surface area contributed by atoms with E-state index < -0.39 is 47.6 Å². The lowest BCUT2D eigenvalue weighted by molar-refractivity contribution is -0.142. The SMILES string of the molecule is CC(OC(C)(C)C)C(N)C(=O)NC(Cc1ccccc1)C(=O)N1CCCC1C(=O)NCC(N)=O. The summed E-state index contributed by atoms with van der Waals surface area (Å²) in [6, 6.07) is 6.63. The maximum absolute atomic E-state index is 13.5. The Kier molecular flexibility index (Phi) is 9.57. The molecule has 1 heterocycles. The second-order valence-corrected chi connectivity index (χ2v) is 9.59. The average Bonchev–Trinajstić information content (AvgIpc) is 3.25. The van der Waals surface area contributed by atoms with Crippen molar-refractivity contribution in [1.82, 2.24) is 15.5 Å². The summed E-state index contributed by atoms with van der Waals surface area (Å²) in [4.78, 5) is 51.5. The number of amides is 4. The van der Waals surface area contributed by atoms with E-state index in [9.17, 15) is 19.2 Å². The van der Waals surface area contributed by atoms with Gasteiger partial charge in [-0.3, -0.25) is 19.2 Å². The number of rotatable bonds is 10. The topological polar surface area (TPSA) is 157 Å². The molecule has 10 nitrogen and oxygen atoms in total. The number of hydrogen-bond acceptors (Lipinski definition) is 6. The molecular weight excluding hydrogens is 438 g/mol. The second-order valence-electron chi connectivity index (χ2n) is 9.59. The summed E-state index contributed by atoms with van der Waals surface area (Å²) in [6.45, 7) is 7.38. The molecule has 10 heteroatoms. The molecule has 2 rings (SSSR count). The number of carbonyl (C=O) groups is 4. The van der Waals surface area contributed by atoms with Gasteiger partial charge in [-0.2, -0.15) is 0 Å². The first kappa shape index (κ1) is 27.3. The molecule has 4 atom stereocenters. The van der Waals surface area contributed by atoms with Gasteiger partial charge in [-0.1, -0.05) is 30.3 Å². The van der Waals surface area contributed by atoms with Gasteiger partial charge < -0.3 is 31.7 Å². The molecule has 0 bridgehead atoms. The molecule has 0 saturated carbocycles. The van der Waals surface area contributed by atoms with Crippen molar-refractivity contribution in [1.29, 1.82) is 0 Å². The maximum Gasteiger partial charge on any atom is 0.246 e. The van der Waals surface area contributed by atoms with Crippen molar-refractivity contribution in [2.24, 2.45) is 11.5 Å². The van der Waals surface area contributed by atoms with Gasteiger partial charge in [0.25, 0.3) is 0 Å². The van der Waals surface area contributed by atoms with Crippen LogP contribution in [0.3, 0.4) is 0 Å². The van der Waals surface area contributed by atoms with Crippen molar-refractivity contribution in [3.63, 3.8) is 0 Å². The number of nitrogens with zero attached hydrogens (tertiary/aromatic N) is 1. The Morgan fingerprint density at radius 3 is 2.41 bits per heavy atom. The summed E-state index contributed by atoms with van der Waals surface area (Å²) < 4.78 is 5.80. The monoisotopic (exact) mass is 475 g/mol. The molecule has 4 amide bonds. The molecule has 0 aromatic heterocycles. The molecular formula is C24H37N5O5. The second kappa shape index (κ2) is 11.9. The Morgan fingerprint density at radius 2 is 1.82 bits per heavy atom. The zero-order valence-electron chi connectivity index (χ0n) is 20.4. The number of ether oxygens (including phenoxy) is 1. The van der Waals surface area contributed by atoms with Gasteiger partial charge in [-0.25, -0.2) is 0 Å². The molecule has 34 heavy (non-hydrogen) atoms. The molecule has 1 aliphatic rings. The lowest BCUT2D eigenvalue weighted by atomic mass is 10.0. The number of nitrogens with one attached hydrogen (secondary N) is 2. The Labute approximate surface area is 200 Å². The summed E-state index contributed by atoms with van der Waals surface area (Å²) in [6.07, 6.45) is 0.742. The number of likely N-dealkylation sites (tertiary alicyclic amines) is 1. The molecule has 0 aliphatic carbocycles. The van der Waals surface area contributed by atoms with Crippen LogP contribution in [0.5, 0.6) is 0 Å². The highest BCUT2D eigenvalue weighted by Gasteiger charge is 2.38. The Bertz CT molecular complexity index is 870. The van der Waals surface area contributed by atoms with Crippen LogP contribution in [0.1, 0.15) is 46.1 Å². The highest BCUT2D eigenvalue weighted by Crippen LogP contribution is 2.20. The van der Waals surface area contributed by atoms with E-state index >= 15 is 0 Å². The fourth-order valence-corrected chi connectivity index (χ4v) is 3.96. The Hall–Kier alpha value is -2.98. The smallest absolute Gasteiger partial charge is 0.246 e. The first-order chi connectivity index (χ1) is 15.9. The van der Waals surface area contributed by atoms with Crippen LogP contribution in [0.25, 0.3) is 0 Å². The number of primary amides is 1. The molecule has 0 radical (unpaired) electrons. The summed E-state index contributed by atoms with van der Waals surface area (Å²) >= 11 is 0. The molecule has 4 unspecified atom stereocenters. The van der Waals surface area contributed by atoms with Crippen molar-refractivity contribution >= 4 is 23.6 Å². The van der Waals surface area contributed by atoms with Crippen molar-refractivity contribution in [3.8, 4) is 0 Å². The zero-order valence-corrected chi connectivity index (χ0v) is 20.4. The van der Waals surface area contributed by atoms with Gasteiger partial charge >= 0.3 is 0 Å². The van der Waals surface area contributed by atoms with Crippen LogP contribution in [0.2, 0.25) is 0 Å². The number of benzene rings is 1. The van der Waals surface area contributed by atoms with Gasteiger partial charge in [0.2, 0.25) is 23.6 Å². The predicted molar refractivity (Wildman–Crippen MR) is 127 cm³/mol. The maximum atomic E-state index is 13.5. The Balaban J connectivity index is 2.19. The van der Waals surface area contributed by atoms with Gasteiger partial charge in [0, 0.05) is 13.0 Å². The van der Waals surface area contributed by atoms with Crippen molar-refractivity contribution in [3.05, 3.63) is 35.9 Å². The van der Waals surface area contributed by atoms with Crippen molar-refractivity contribution in [2.45, 2.75) is 76.8 Å². The average molecular weight is 476 g/mol. The normalized spacial score (nSPS) is 18.6. The van der Waals surface area contributed by atoms with E-state index in [1.165, 1.54) is 4.90 Å². The first-order valence-corrected chi connectivity index (χ1v) is 11.5. The van der Waals surface area contributed by atoms with E-state index in [2.05, 4.69) is 10.6 Å². The number of hydrogen-bond donors (Lipinski definition) is 4. The van der Waals surface area contributed by atoms with E-state index in [0.717, 1.165) is 5.56 Å². The molecule has 0 spiro atoms. The van der Waals surface area contributed by atoms with Crippen LogP contribution in [0.15, 0.2) is 30.3 Å². The van der Waals surface area contributed by atoms with Crippen molar-refractivity contribution in [2.75, 3.05) is 13.1 Å². The fourth-order valence-electron chi connectivity index (χ4n) is 3.96. The third kappa shape index (κ3) is 8.11. The van der Waals surface area contributed by atoms with Gasteiger partial charge in [0.1, 0.15) is 18.1 Å². The Morgan fingerprint density at radius 1 is 1.18 bits per heavy atom. The minimum absolute atomic E-state index is 0.235. The molecule has 188 valence electrons. The minimum atomic E-state index is -0.987. The molecule has 1 aromatic rings.